The highest BCUT2D eigenvalue weighted by atomic mass is 19.4. The molecule has 2 heterocycles. The van der Waals surface area contributed by atoms with Gasteiger partial charge < -0.3 is 15.5 Å². The molecule has 190 valence electrons. The zero-order valence-corrected chi connectivity index (χ0v) is 19.7. The molecule has 0 atom stereocenters. The van der Waals surface area contributed by atoms with Gasteiger partial charge in [-0.05, 0) is 50.3 Å². The van der Waals surface area contributed by atoms with Crippen molar-refractivity contribution in [3.63, 3.8) is 0 Å². The number of aromatic nitrogens is 2. The molecule has 1 saturated heterocycles. The quantitative estimate of drug-likeness (QED) is 0.523. The molecular formula is C24H31F3N6O2. The van der Waals surface area contributed by atoms with Crippen LogP contribution in [0.4, 0.5) is 19.0 Å². The second-order valence-corrected chi connectivity index (χ2v) is 9.33. The summed E-state index contributed by atoms with van der Waals surface area (Å²) in [5.74, 6) is -0.0472. The Balaban J connectivity index is 1.23. The van der Waals surface area contributed by atoms with Crippen molar-refractivity contribution in [1.82, 2.24) is 25.1 Å². The Kier molecular flexibility index (Phi) is 7.73. The van der Waals surface area contributed by atoms with Crippen molar-refractivity contribution in [3.8, 4) is 0 Å². The second kappa shape index (κ2) is 10.8. The first kappa shape index (κ1) is 25.2. The number of nitrogens with zero attached hydrogens (tertiary/aromatic N) is 4. The molecule has 2 fully saturated rings. The molecular weight excluding hydrogens is 461 g/mol. The van der Waals surface area contributed by atoms with E-state index in [2.05, 4.69) is 32.4 Å². The van der Waals surface area contributed by atoms with Crippen LogP contribution >= 0.6 is 0 Å². The minimum absolute atomic E-state index is 0.0487. The van der Waals surface area contributed by atoms with Gasteiger partial charge in [-0.1, -0.05) is 6.92 Å². The van der Waals surface area contributed by atoms with Crippen LogP contribution in [0.1, 0.15) is 44.6 Å². The van der Waals surface area contributed by atoms with Crippen LogP contribution in [0.5, 0.6) is 0 Å². The summed E-state index contributed by atoms with van der Waals surface area (Å²) < 4.78 is 39.2. The van der Waals surface area contributed by atoms with E-state index in [1.807, 2.05) is 4.90 Å². The van der Waals surface area contributed by atoms with Gasteiger partial charge in [0.2, 0.25) is 12.3 Å². The highest BCUT2D eigenvalue weighted by molar-refractivity contribution is 5.91. The molecule has 2 aliphatic rings. The fourth-order valence-electron chi connectivity index (χ4n) is 5.05. The number of carbonyl (C=O) groups excluding carboxylic acids is 2. The molecule has 0 unspecified atom stereocenters. The number of carbonyl (C=O) groups is 2. The van der Waals surface area contributed by atoms with Crippen molar-refractivity contribution in [2.24, 2.45) is 0 Å². The normalized spacial score (nSPS) is 21.4. The summed E-state index contributed by atoms with van der Waals surface area (Å²) in [5, 5.41) is 6.03. The van der Waals surface area contributed by atoms with E-state index in [1.54, 1.807) is 0 Å². The molecule has 0 bridgehead atoms. The predicted molar refractivity (Wildman–Crippen MR) is 126 cm³/mol. The SMILES string of the molecule is CCCN(C=O)C1CCC(N2CC(NC(=O)CNc3ncnc4ccc(C(F)(F)F)cc34)C2)CC1. The molecule has 2 amide bonds. The lowest BCUT2D eigenvalue weighted by atomic mass is 9.87. The zero-order chi connectivity index (χ0) is 25.0. The largest absolute Gasteiger partial charge is 0.416 e. The molecule has 2 N–H and O–H groups in total. The molecule has 0 spiro atoms. The molecule has 2 aromatic rings. The minimum Gasteiger partial charge on any atom is -0.360 e. The molecule has 1 aromatic heterocycles. The second-order valence-electron chi connectivity index (χ2n) is 9.33. The monoisotopic (exact) mass is 492 g/mol. The molecule has 4 rings (SSSR count). The van der Waals surface area contributed by atoms with Crippen LogP contribution in [0, 0.1) is 0 Å². The predicted octanol–water partition coefficient (Wildman–Crippen LogP) is 3.04. The summed E-state index contributed by atoms with van der Waals surface area (Å²) in [7, 11) is 0. The Bertz CT molecular complexity index is 1040. The molecule has 35 heavy (non-hydrogen) atoms. The van der Waals surface area contributed by atoms with E-state index in [4.69, 9.17) is 0 Å². The number of fused-ring (bicyclic) bond motifs is 1. The molecule has 1 aliphatic heterocycles. The van der Waals surface area contributed by atoms with Gasteiger partial charge in [-0.3, -0.25) is 14.5 Å². The van der Waals surface area contributed by atoms with Crippen LogP contribution in [0.25, 0.3) is 10.9 Å². The van der Waals surface area contributed by atoms with Gasteiger partial charge in [0.15, 0.2) is 0 Å². The molecule has 1 saturated carbocycles. The molecule has 11 heteroatoms. The first-order chi connectivity index (χ1) is 16.8. The Morgan fingerprint density at radius 3 is 2.60 bits per heavy atom. The van der Waals surface area contributed by atoms with Crippen LogP contribution in [-0.2, 0) is 15.8 Å². The smallest absolute Gasteiger partial charge is 0.360 e. The van der Waals surface area contributed by atoms with Gasteiger partial charge in [-0.25, -0.2) is 9.97 Å². The van der Waals surface area contributed by atoms with E-state index in [0.717, 1.165) is 70.3 Å². The molecule has 8 nitrogen and oxygen atoms in total. The summed E-state index contributed by atoms with van der Waals surface area (Å²) in [6, 6.07) is 4.11. The number of halogens is 3. The van der Waals surface area contributed by atoms with Crippen LogP contribution in [0.2, 0.25) is 0 Å². The van der Waals surface area contributed by atoms with Gasteiger partial charge in [0, 0.05) is 37.1 Å². The van der Waals surface area contributed by atoms with Crippen molar-refractivity contribution < 1.29 is 22.8 Å². The standard InChI is InChI=1S/C24H31F3N6O2/c1-2-9-32(15-34)18-4-6-19(7-5-18)33-12-17(13-33)31-22(35)11-28-23-20-10-16(24(25,26)27)3-8-21(20)29-14-30-23/h3,8,10,14-15,17-19H,2,4-7,9,11-13H2,1H3,(H,31,35)(H,28,29,30). The summed E-state index contributed by atoms with van der Waals surface area (Å²) in [6.45, 7) is 4.34. The maximum atomic E-state index is 13.1. The van der Waals surface area contributed by atoms with Gasteiger partial charge in [0.1, 0.15) is 12.1 Å². The van der Waals surface area contributed by atoms with Gasteiger partial charge in [0.25, 0.3) is 0 Å². The van der Waals surface area contributed by atoms with E-state index in [0.29, 0.717) is 17.6 Å². The van der Waals surface area contributed by atoms with Gasteiger partial charge >= 0.3 is 6.18 Å². The third-order valence-electron chi connectivity index (χ3n) is 6.92. The van der Waals surface area contributed by atoms with Crippen molar-refractivity contribution >= 4 is 29.0 Å². The average molecular weight is 493 g/mol. The number of amides is 2. The highest BCUT2D eigenvalue weighted by Gasteiger charge is 2.36. The Hall–Kier alpha value is -2.95. The van der Waals surface area contributed by atoms with Crippen LogP contribution in [0.3, 0.4) is 0 Å². The third-order valence-corrected chi connectivity index (χ3v) is 6.92. The van der Waals surface area contributed by atoms with E-state index < -0.39 is 11.7 Å². The Morgan fingerprint density at radius 1 is 1.20 bits per heavy atom. The van der Waals surface area contributed by atoms with Crippen molar-refractivity contribution in [3.05, 3.63) is 30.1 Å². The van der Waals surface area contributed by atoms with E-state index in [1.165, 1.54) is 12.4 Å². The molecule has 0 radical (unpaired) electrons. The number of hydrogen-bond donors (Lipinski definition) is 2. The Labute approximate surface area is 202 Å². The highest BCUT2D eigenvalue weighted by Crippen LogP contribution is 2.32. The van der Waals surface area contributed by atoms with Gasteiger partial charge in [-0.15, -0.1) is 0 Å². The topological polar surface area (TPSA) is 90.5 Å². The first-order valence-electron chi connectivity index (χ1n) is 12.1. The molecule has 1 aromatic carbocycles. The lowest BCUT2D eigenvalue weighted by Gasteiger charge is -2.47. The van der Waals surface area contributed by atoms with Gasteiger partial charge in [-0.2, -0.15) is 13.2 Å². The molecule has 1 aliphatic carbocycles. The van der Waals surface area contributed by atoms with Crippen LogP contribution < -0.4 is 10.6 Å². The third kappa shape index (κ3) is 6.01. The number of alkyl halides is 3. The van der Waals surface area contributed by atoms with E-state index >= 15 is 0 Å². The number of nitrogens with one attached hydrogen (secondary N) is 2. The van der Waals surface area contributed by atoms with Crippen LogP contribution in [0.15, 0.2) is 24.5 Å². The van der Waals surface area contributed by atoms with Crippen molar-refractivity contribution in [2.45, 2.75) is 63.3 Å². The zero-order valence-electron chi connectivity index (χ0n) is 19.7. The van der Waals surface area contributed by atoms with Crippen molar-refractivity contribution in [1.29, 1.82) is 0 Å². The Morgan fingerprint density at radius 2 is 1.94 bits per heavy atom. The minimum atomic E-state index is -4.47. The number of benzene rings is 1. The number of anilines is 1. The average Bonchev–Trinajstić information content (AvgIpc) is 2.82. The van der Waals surface area contributed by atoms with Crippen LogP contribution in [-0.4, -0.2) is 76.4 Å². The number of rotatable bonds is 9. The lowest BCUT2D eigenvalue weighted by molar-refractivity contribution is -0.137. The lowest BCUT2D eigenvalue weighted by Crippen LogP contribution is -2.63. The fraction of sp³-hybridized carbons (Fsp3) is 0.583. The number of hydrogen-bond acceptors (Lipinski definition) is 6. The summed E-state index contributed by atoms with van der Waals surface area (Å²) in [5.41, 5.74) is -0.425. The summed E-state index contributed by atoms with van der Waals surface area (Å²) in [6.07, 6.45) is 2.81. The van der Waals surface area contributed by atoms with E-state index in [9.17, 15) is 22.8 Å². The summed E-state index contributed by atoms with van der Waals surface area (Å²) in [4.78, 5) is 36.0. The fourth-order valence-corrected chi connectivity index (χ4v) is 5.05. The van der Waals surface area contributed by atoms with E-state index in [-0.39, 0.29) is 29.7 Å². The number of likely N-dealkylation sites (tertiary alicyclic amines) is 1. The van der Waals surface area contributed by atoms with Gasteiger partial charge in [0.05, 0.1) is 23.7 Å². The first-order valence-corrected chi connectivity index (χ1v) is 12.1. The maximum Gasteiger partial charge on any atom is 0.416 e. The van der Waals surface area contributed by atoms with Crippen molar-refractivity contribution in [2.75, 3.05) is 31.5 Å². The maximum absolute atomic E-state index is 13.1. The summed E-state index contributed by atoms with van der Waals surface area (Å²) >= 11 is 0.